The molecule has 1 atom stereocenters. The molecule has 0 bridgehead atoms. The van der Waals surface area contributed by atoms with Crippen molar-refractivity contribution in [2.24, 2.45) is 0 Å². The number of amides is 4. The van der Waals surface area contributed by atoms with Crippen LogP contribution in [0.2, 0.25) is 10.0 Å². The number of hydrogen-bond donors (Lipinski definition) is 4. The highest BCUT2D eigenvalue weighted by Gasteiger charge is 2.51. The minimum absolute atomic E-state index is 0.0353. The molecule has 42 heavy (non-hydrogen) atoms. The van der Waals surface area contributed by atoms with Crippen molar-refractivity contribution in [1.82, 2.24) is 15.5 Å². The maximum Gasteiger partial charge on any atom is 0.326 e. The number of nitrogens with zero attached hydrogens (tertiary/aromatic N) is 2. The van der Waals surface area contributed by atoms with Crippen LogP contribution in [0.3, 0.4) is 0 Å². The Morgan fingerprint density at radius 3 is 2.19 bits per heavy atom. The van der Waals surface area contributed by atoms with E-state index in [4.69, 9.17) is 23.2 Å². The fourth-order valence-electron chi connectivity index (χ4n) is 5.42. The SMILES string of the molecule is O=C(Nc1ccc(CC(NC(=O)N2CCC3(CC2)C(=O)NCN3c2ccccc2)C(=O)O)cc1)c1c(Cl)cccc1Cl. The lowest BCUT2D eigenvalue weighted by atomic mass is 9.85. The number of hydrogen-bond acceptors (Lipinski definition) is 5. The first kappa shape index (κ1) is 29.2. The summed E-state index contributed by atoms with van der Waals surface area (Å²) in [6.45, 7) is 1.00. The molecule has 12 heteroatoms. The van der Waals surface area contributed by atoms with E-state index in [-0.39, 0.29) is 27.9 Å². The van der Waals surface area contributed by atoms with Crippen LogP contribution < -0.4 is 20.9 Å². The third-order valence-electron chi connectivity index (χ3n) is 7.72. The Morgan fingerprint density at radius 2 is 1.57 bits per heavy atom. The minimum Gasteiger partial charge on any atom is -0.480 e. The maximum absolute atomic E-state index is 13.1. The van der Waals surface area contributed by atoms with E-state index in [1.54, 1.807) is 47.4 Å². The van der Waals surface area contributed by atoms with Gasteiger partial charge in [-0.3, -0.25) is 9.59 Å². The average molecular weight is 610 g/mol. The first-order chi connectivity index (χ1) is 20.2. The summed E-state index contributed by atoms with van der Waals surface area (Å²) in [5.41, 5.74) is 1.45. The minimum atomic E-state index is -1.17. The number of halogens is 2. The molecular weight excluding hydrogens is 581 g/mol. The second-order valence-electron chi connectivity index (χ2n) is 10.2. The molecular formula is C30H29Cl2N5O5. The molecule has 3 aromatic carbocycles. The highest BCUT2D eigenvalue weighted by atomic mass is 35.5. The Hall–Kier alpha value is -4.28. The lowest BCUT2D eigenvalue weighted by Crippen LogP contribution is -2.59. The van der Waals surface area contributed by atoms with Gasteiger partial charge in [-0.2, -0.15) is 0 Å². The van der Waals surface area contributed by atoms with Crippen LogP contribution >= 0.6 is 23.2 Å². The van der Waals surface area contributed by atoms with Gasteiger partial charge in [-0.1, -0.05) is 59.6 Å². The van der Waals surface area contributed by atoms with Gasteiger partial charge in [0.1, 0.15) is 11.6 Å². The molecule has 2 aliphatic rings. The summed E-state index contributed by atoms with van der Waals surface area (Å²) in [5, 5.41) is 18.5. The Bertz CT molecular complexity index is 1470. The van der Waals surface area contributed by atoms with Crippen molar-refractivity contribution in [3.05, 3.63) is 94.0 Å². The van der Waals surface area contributed by atoms with Gasteiger partial charge in [-0.25, -0.2) is 9.59 Å². The summed E-state index contributed by atoms with van der Waals surface area (Å²) in [4.78, 5) is 54.2. The van der Waals surface area contributed by atoms with Crippen LogP contribution in [0.15, 0.2) is 72.8 Å². The van der Waals surface area contributed by atoms with Crippen LogP contribution in [0.1, 0.15) is 28.8 Å². The molecule has 5 rings (SSSR count). The Morgan fingerprint density at radius 1 is 0.929 bits per heavy atom. The zero-order chi connectivity index (χ0) is 29.9. The second kappa shape index (κ2) is 12.3. The molecule has 2 saturated heterocycles. The zero-order valence-electron chi connectivity index (χ0n) is 22.5. The van der Waals surface area contributed by atoms with Crippen molar-refractivity contribution in [2.75, 3.05) is 30.0 Å². The van der Waals surface area contributed by atoms with Crippen molar-refractivity contribution in [1.29, 1.82) is 0 Å². The molecule has 2 heterocycles. The molecule has 1 unspecified atom stereocenters. The van der Waals surface area contributed by atoms with Gasteiger partial charge in [0.05, 0.1) is 22.3 Å². The zero-order valence-corrected chi connectivity index (χ0v) is 24.0. The van der Waals surface area contributed by atoms with E-state index in [1.165, 1.54) is 0 Å². The standard InChI is InChI=1S/C30H29Cl2N5O5/c31-22-7-4-8-23(32)25(22)26(38)34-20-11-9-19(10-12-20)17-24(27(39)40)35-29(42)36-15-13-30(14-16-36)28(41)33-18-37(30)21-5-2-1-3-6-21/h1-12,24H,13-18H2,(H,33,41)(H,34,38)(H,35,42)(H,39,40). The van der Waals surface area contributed by atoms with Gasteiger partial charge in [-0.05, 0) is 54.8 Å². The van der Waals surface area contributed by atoms with Gasteiger partial charge in [-0.15, -0.1) is 0 Å². The Kier molecular flexibility index (Phi) is 8.56. The van der Waals surface area contributed by atoms with E-state index in [0.717, 1.165) is 5.69 Å². The lowest BCUT2D eigenvalue weighted by Gasteiger charge is -2.43. The summed E-state index contributed by atoms with van der Waals surface area (Å²) in [6, 6.07) is 19.4. The molecule has 0 aromatic heterocycles. The predicted octanol–water partition coefficient (Wildman–Crippen LogP) is 4.38. The van der Waals surface area contributed by atoms with Crippen molar-refractivity contribution in [3.8, 4) is 0 Å². The number of nitrogens with one attached hydrogen (secondary N) is 3. The number of benzene rings is 3. The predicted molar refractivity (Wildman–Crippen MR) is 160 cm³/mol. The van der Waals surface area contributed by atoms with Crippen LogP contribution in [0.4, 0.5) is 16.2 Å². The number of piperidine rings is 1. The highest BCUT2D eigenvalue weighted by Crippen LogP contribution is 2.36. The molecule has 2 aliphatic heterocycles. The van der Waals surface area contributed by atoms with Crippen molar-refractivity contribution < 1.29 is 24.3 Å². The molecule has 0 aliphatic carbocycles. The number of para-hydroxylation sites is 1. The van der Waals surface area contributed by atoms with Crippen LogP contribution in [0.5, 0.6) is 0 Å². The Balaban J connectivity index is 1.18. The first-order valence-electron chi connectivity index (χ1n) is 13.4. The van der Waals surface area contributed by atoms with Crippen LogP contribution in [0, 0.1) is 0 Å². The van der Waals surface area contributed by atoms with E-state index >= 15 is 0 Å². The number of carboxylic acids is 1. The molecule has 0 radical (unpaired) electrons. The fraction of sp³-hybridized carbons (Fsp3) is 0.267. The van der Waals surface area contributed by atoms with Crippen molar-refractivity contribution >= 4 is 58.4 Å². The van der Waals surface area contributed by atoms with E-state index in [2.05, 4.69) is 16.0 Å². The smallest absolute Gasteiger partial charge is 0.326 e. The number of rotatable bonds is 7. The number of carbonyl (C=O) groups excluding carboxylic acids is 3. The first-order valence-corrected chi connectivity index (χ1v) is 14.2. The van der Waals surface area contributed by atoms with Gasteiger partial charge in [0.25, 0.3) is 5.91 Å². The van der Waals surface area contributed by atoms with Gasteiger partial charge in [0.2, 0.25) is 5.91 Å². The van der Waals surface area contributed by atoms with Gasteiger partial charge in [0, 0.05) is 30.9 Å². The van der Waals surface area contributed by atoms with Crippen molar-refractivity contribution in [3.63, 3.8) is 0 Å². The summed E-state index contributed by atoms with van der Waals surface area (Å²) in [6.07, 6.45) is 0.880. The summed E-state index contributed by atoms with van der Waals surface area (Å²) in [7, 11) is 0. The molecule has 1 spiro atoms. The summed E-state index contributed by atoms with van der Waals surface area (Å²) >= 11 is 12.2. The van der Waals surface area contributed by atoms with Gasteiger partial charge in [0.15, 0.2) is 0 Å². The second-order valence-corrected chi connectivity index (χ2v) is 11.1. The van der Waals surface area contributed by atoms with Gasteiger partial charge >= 0.3 is 12.0 Å². The van der Waals surface area contributed by atoms with Crippen LogP contribution in [-0.2, 0) is 16.0 Å². The topological polar surface area (TPSA) is 131 Å². The number of urea groups is 1. The van der Waals surface area contributed by atoms with Crippen LogP contribution in [-0.4, -0.2) is 65.2 Å². The molecule has 3 aromatic rings. The molecule has 0 saturated carbocycles. The van der Waals surface area contributed by atoms with Crippen molar-refractivity contribution in [2.45, 2.75) is 30.8 Å². The van der Waals surface area contributed by atoms with Crippen LogP contribution in [0.25, 0.3) is 0 Å². The molecule has 218 valence electrons. The molecule has 4 amide bonds. The van der Waals surface area contributed by atoms with E-state index in [0.29, 0.717) is 43.9 Å². The number of likely N-dealkylation sites (tertiary alicyclic amines) is 1. The maximum atomic E-state index is 13.1. The highest BCUT2D eigenvalue weighted by molar-refractivity contribution is 6.40. The number of carbonyl (C=O) groups is 4. The van der Waals surface area contributed by atoms with Gasteiger partial charge < -0.3 is 30.9 Å². The lowest BCUT2D eigenvalue weighted by molar-refractivity contribution is -0.139. The molecule has 2 fully saturated rings. The number of aliphatic carboxylic acids is 1. The summed E-state index contributed by atoms with van der Waals surface area (Å²) < 4.78 is 0. The molecule has 10 nitrogen and oxygen atoms in total. The van der Waals surface area contributed by atoms with E-state index in [1.807, 2.05) is 35.2 Å². The largest absolute Gasteiger partial charge is 0.480 e. The molecule has 4 N–H and O–H groups in total. The van der Waals surface area contributed by atoms with E-state index in [9.17, 15) is 24.3 Å². The Labute approximate surface area is 252 Å². The normalized spacial score (nSPS) is 16.6. The summed E-state index contributed by atoms with van der Waals surface area (Å²) in [5.74, 6) is -1.71. The third kappa shape index (κ3) is 6.00. The third-order valence-corrected chi connectivity index (χ3v) is 8.35. The quantitative estimate of drug-likeness (QED) is 0.314. The van der Waals surface area contributed by atoms with E-state index < -0.39 is 29.5 Å². The number of carboxylic acid groups (broad SMARTS) is 1. The number of anilines is 2. The fourth-order valence-corrected chi connectivity index (χ4v) is 5.99. The monoisotopic (exact) mass is 609 g/mol. The average Bonchev–Trinajstić information content (AvgIpc) is 3.29.